The van der Waals surface area contributed by atoms with Crippen molar-refractivity contribution in [1.82, 2.24) is 5.48 Å². The summed E-state index contributed by atoms with van der Waals surface area (Å²) in [5, 5.41) is 17.6. The van der Waals surface area contributed by atoms with Gasteiger partial charge in [0.2, 0.25) is 0 Å². The van der Waals surface area contributed by atoms with E-state index in [0.29, 0.717) is 0 Å². The Kier molecular flexibility index (Phi) is 4.55. The first-order chi connectivity index (χ1) is 4.63. The molecule has 3 N–H and O–H groups in total. The van der Waals surface area contributed by atoms with Gasteiger partial charge in [-0.25, -0.2) is 0 Å². The second kappa shape index (κ2) is 4.62. The van der Waals surface area contributed by atoms with Crippen LogP contribution in [0.1, 0.15) is 13.8 Å². The summed E-state index contributed by atoms with van der Waals surface area (Å²) in [6.07, 6.45) is -0.954. The van der Waals surface area contributed by atoms with Gasteiger partial charge in [-0.1, -0.05) is 13.8 Å². The number of aliphatic hydroxyl groups is 1. The molecule has 0 fully saturated rings. The van der Waals surface area contributed by atoms with Gasteiger partial charge in [-0.05, 0) is 5.92 Å². The summed E-state index contributed by atoms with van der Waals surface area (Å²) in [5.41, 5.74) is 1.98. The van der Waals surface area contributed by atoms with E-state index in [4.69, 9.17) is 10.3 Å². The molecule has 0 bridgehead atoms. The van der Waals surface area contributed by atoms with Gasteiger partial charge in [0.05, 0.1) is 6.04 Å². The van der Waals surface area contributed by atoms with E-state index in [-0.39, 0.29) is 5.92 Å². The summed E-state index contributed by atoms with van der Waals surface area (Å²) in [6, 6.07) is -0.426. The molecule has 0 radical (unpaired) electrons. The molecule has 2 atom stereocenters. The van der Waals surface area contributed by atoms with Crippen LogP contribution >= 0.6 is 0 Å². The van der Waals surface area contributed by atoms with Crippen molar-refractivity contribution in [3.63, 3.8) is 0 Å². The average Bonchev–Trinajstić information content (AvgIpc) is 1.88. The van der Waals surface area contributed by atoms with E-state index >= 15 is 0 Å². The minimum Gasteiger partial charge on any atom is -0.367 e. The van der Waals surface area contributed by atoms with E-state index in [9.17, 15) is 0 Å². The number of hydrogen-bond donors (Lipinski definition) is 3. The van der Waals surface area contributed by atoms with E-state index < -0.39 is 12.3 Å². The molecule has 0 heterocycles. The fourth-order valence-electron chi connectivity index (χ4n) is 0.689. The van der Waals surface area contributed by atoms with Crippen LogP contribution in [0.5, 0.6) is 0 Å². The predicted molar refractivity (Wildman–Crippen MR) is 36.6 cm³/mol. The van der Waals surface area contributed by atoms with Crippen LogP contribution < -0.4 is 5.48 Å². The molecule has 0 spiro atoms. The summed E-state index contributed by atoms with van der Waals surface area (Å²) in [7, 11) is 1.39. The fraction of sp³-hybridized carbons (Fsp3) is 1.00. The number of ether oxygens (including phenoxy) is 1. The third kappa shape index (κ3) is 2.62. The summed E-state index contributed by atoms with van der Waals surface area (Å²) in [6.45, 7) is 3.74. The summed E-state index contributed by atoms with van der Waals surface area (Å²) in [4.78, 5) is 0. The van der Waals surface area contributed by atoms with Gasteiger partial charge in [-0.15, -0.1) is 0 Å². The summed E-state index contributed by atoms with van der Waals surface area (Å²) >= 11 is 0. The molecule has 1 unspecified atom stereocenters. The average molecular weight is 149 g/mol. The standard InChI is InChI=1S/C6H15NO3/c1-4(2)5(7-9)6(8)10-3/h4-9H,1-3H3/t5-,6?/m0/s1. The molecule has 0 rings (SSSR count). The lowest BCUT2D eigenvalue weighted by atomic mass is 10.1. The van der Waals surface area contributed by atoms with Crippen molar-refractivity contribution in [3.05, 3.63) is 0 Å². The van der Waals surface area contributed by atoms with Gasteiger partial charge in [0.1, 0.15) is 0 Å². The molecule has 4 heteroatoms. The molecular weight excluding hydrogens is 134 g/mol. The van der Waals surface area contributed by atoms with Crippen LogP contribution in [0.3, 0.4) is 0 Å². The Morgan fingerprint density at radius 3 is 2.00 bits per heavy atom. The van der Waals surface area contributed by atoms with Gasteiger partial charge >= 0.3 is 0 Å². The van der Waals surface area contributed by atoms with Crippen molar-refractivity contribution >= 4 is 0 Å². The number of aliphatic hydroxyl groups excluding tert-OH is 1. The highest BCUT2D eigenvalue weighted by molar-refractivity contribution is 4.68. The van der Waals surface area contributed by atoms with Crippen molar-refractivity contribution in [3.8, 4) is 0 Å². The number of hydrogen-bond acceptors (Lipinski definition) is 4. The SMILES string of the molecule is COC(O)[C@@H](NO)C(C)C. The number of rotatable bonds is 4. The molecule has 0 amide bonds. The zero-order valence-electron chi connectivity index (χ0n) is 6.53. The summed E-state index contributed by atoms with van der Waals surface area (Å²) in [5.74, 6) is 0.125. The van der Waals surface area contributed by atoms with E-state index in [1.165, 1.54) is 7.11 Å². The Hall–Kier alpha value is -0.160. The van der Waals surface area contributed by atoms with Gasteiger partial charge in [0.15, 0.2) is 6.29 Å². The van der Waals surface area contributed by atoms with Crippen LogP contribution in [0.15, 0.2) is 0 Å². The van der Waals surface area contributed by atoms with Crippen molar-refractivity contribution in [2.45, 2.75) is 26.2 Å². The van der Waals surface area contributed by atoms with Crippen LogP contribution in [0.25, 0.3) is 0 Å². The van der Waals surface area contributed by atoms with E-state index in [2.05, 4.69) is 4.74 Å². The van der Waals surface area contributed by atoms with Gasteiger partial charge in [-0.3, -0.25) is 0 Å². The third-order valence-corrected chi connectivity index (χ3v) is 1.42. The monoisotopic (exact) mass is 149 g/mol. The summed E-state index contributed by atoms with van der Waals surface area (Å²) < 4.78 is 4.60. The maximum atomic E-state index is 9.04. The normalized spacial score (nSPS) is 17.4. The first-order valence-electron chi connectivity index (χ1n) is 3.24. The minimum absolute atomic E-state index is 0.125. The molecule has 62 valence electrons. The molecule has 0 aliphatic rings. The highest BCUT2D eigenvalue weighted by atomic mass is 16.6. The van der Waals surface area contributed by atoms with E-state index in [0.717, 1.165) is 0 Å². The maximum absolute atomic E-state index is 9.04. The third-order valence-electron chi connectivity index (χ3n) is 1.42. The van der Waals surface area contributed by atoms with Crippen molar-refractivity contribution < 1.29 is 15.1 Å². The second-order valence-corrected chi connectivity index (χ2v) is 2.53. The molecular formula is C6H15NO3. The molecule has 0 aromatic heterocycles. The van der Waals surface area contributed by atoms with Gasteiger partial charge < -0.3 is 15.1 Å². The molecule has 4 nitrogen and oxygen atoms in total. The van der Waals surface area contributed by atoms with Crippen molar-refractivity contribution in [1.29, 1.82) is 0 Å². The number of methoxy groups -OCH3 is 1. The molecule has 0 saturated heterocycles. The Bertz CT molecular complexity index is 87.1. The van der Waals surface area contributed by atoms with E-state index in [1.807, 2.05) is 19.3 Å². The van der Waals surface area contributed by atoms with Crippen molar-refractivity contribution in [2.24, 2.45) is 5.92 Å². The topological polar surface area (TPSA) is 61.7 Å². The highest BCUT2D eigenvalue weighted by Gasteiger charge is 2.20. The zero-order chi connectivity index (χ0) is 8.15. The predicted octanol–water partition coefficient (Wildman–Crippen LogP) is -0.0454. The molecule has 0 aliphatic heterocycles. The van der Waals surface area contributed by atoms with E-state index in [1.54, 1.807) is 0 Å². The molecule has 0 aliphatic carbocycles. The van der Waals surface area contributed by atoms with Gasteiger partial charge in [-0.2, -0.15) is 5.48 Å². The first kappa shape index (κ1) is 9.84. The minimum atomic E-state index is -0.954. The lowest BCUT2D eigenvalue weighted by molar-refractivity contribution is -0.129. The Labute approximate surface area is 60.8 Å². The number of nitrogens with one attached hydrogen (secondary N) is 1. The Morgan fingerprint density at radius 1 is 1.40 bits per heavy atom. The molecule has 0 aromatic rings. The smallest absolute Gasteiger partial charge is 0.172 e. The lowest BCUT2D eigenvalue weighted by Crippen LogP contribution is -2.43. The van der Waals surface area contributed by atoms with Crippen LogP contribution in [0.2, 0.25) is 0 Å². The number of hydroxylamine groups is 1. The molecule has 10 heavy (non-hydrogen) atoms. The zero-order valence-corrected chi connectivity index (χ0v) is 6.53. The Morgan fingerprint density at radius 2 is 1.90 bits per heavy atom. The maximum Gasteiger partial charge on any atom is 0.172 e. The first-order valence-corrected chi connectivity index (χ1v) is 3.24. The second-order valence-electron chi connectivity index (χ2n) is 2.53. The van der Waals surface area contributed by atoms with Gasteiger partial charge in [0, 0.05) is 7.11 Å². The van der Waals surface area contributed by atoms with Gasteiger partial charge in [0.25, 0.3) is 0 Å². The lowest BCUT2D eigenvalue weighted by Gasteiger charge is -2.22. The highest BCUT2D eigenvalue weighted by Crippen LogP contribution is 2.05. The van der Waals surface area contributed by atoms with Crippen LogP contribution in [-0.2, 0) is 4.74 Å². The van der Waals surface area contributed by atoms with Crippen LogP contribution in [0.4, 0.5) is 0 Å². The quantitative estimate of drug-likeness (QED) is 0.387. The molecule has 0 aromatic carbocycles. The van der Waals surface area contributed by atoms with Crippen LogP contribution in [0, 0.1) is 5.92 Å². The largest absolute Gasteiger partial charge is 0.367 e. The Balaban J connectivity index is 3.80. The van der Waals surface area contributed by atoms with Crippen LogP contribution in [-0.4, -0.2) is 29.8 Å². The fourth-order valence-corrected chi connectivity index (χ4v) is 0.689. The molecule has 0 saturated carbocycles. The van der Waals surface area contributed by atoms with Crippen molar-refractivity contribution in [2.75, 3.05) is 7.11 Å².